The van der Waals surface area contributed by atoms with Gasteiger partial charge in [-0.2, -0.15) is 17.5 Å². The summed E-state index contributed by atoms with van der Waals surface area (Å²) in [5, 5.41) is 0. The first-order valence-electron chi connectivity index (χ1n) is 9.03. The van der Waals surface area contributed by atoms with Crippen LogP contribution in [0.2, 0.25) is 0 Å². The summed E-state index contributed by atoms with van der Waals surface area (Å²) in [4.78, 5) is 13.9. The fourth-order valence-electron chi connectivity index (χ4n) is 3.39. The SMILES string of the molecule is Cc1cc(C)cc(C(=O)N2CCN(S(=O)(=O)c3cccc(C(F)(F)F)c3)CC2)c1. The Morgan fingerprint density at radius 2 is 1.52 bits per heavy atom. The van der Waals surface area contributed by atoms with E-state index in [1.54, 1.807) is 17.0 Å². The van der Waals surface area contributed by atoms with Crippen LogP contribution in [0.3, 0.4) is 0 Å². The maximum atomic E-state index is 12.9. The molecule has 0 saturated carbocycles. The summed E-state index contributed by atoms with van der Waals surface area (Å²) in [6, 6.07) is 9.22. The van der Waals surface area contributed by atoms with Gasteiger partial charge in [0.15, 0.2) is 0 Å². The summed E-state index contributed by atoms with van der Waals surface area (Å²) in [6.07, 6.45) is -4.62. The lowest BCUT2D eigenvalue weighted by atomic mass is 10.1. The van der Waals surface area contributed by atoms with Gasteiger partial charge in [0.05, 0.1) is 10.5 Å². The van der Waals surface area contributed by atoms with Crippen molar-refractivity contribution < 1.29 is 26.4 Å². The second-order valence-corrected chi connectivity index (χ2v) is 9.04. The van der Waals surface area contributed by atoms with Crippen LogP contribution < -0.4 is 0 Å². The van der Waals surface area contributed by atoms with Gasteiger partial charge in [-0.05, 0) is 44.2 Å². The van der Waals surface area contributed by atoms with E-state index in [9.17, 15) is 26.4 Å². The fraction of sp³-hybridized carbons (Fsp3) is 0.350. The van der Waals surface area contributed by atoms with Gasteiger partial charge < -0.3 is 4.90 Å². The Bertz CT molecular complexity index is 1010. The molecular formula is C20H21F3N2O3S. The molecule has 156 valence electrons. The van der Waals surface area contributed by atoms with Crippen molar-refractivity contribution in [3.63, 3.8) is 0 Å². The molecule has 1 fully saturated rings. The second-order valence-electron chi connectivity index (χ2n) is 7.10. The largest absolute Gasteiger partial charge is 0.416 e. The molecule has 9 heteroatoms. The standard InChI is InChI=1S/C20H21F3N2O3S/c1-14-10-15(2)12-16(11-14)19(26)24-6-8-25(9-7-24)29(27,28)18-5-3-4-17(13-18)20(21,22)23/h3-5,10-13H,6-9H2,1-2H3. The summed E-state index contributed by atoms with van der Waals surface area (Å²) in [7, 11) is -4.08. The number of benzene rings is 2. The third-order valence-electron chi connectivity index (χ3n) is 4.79. The molecule has 2 aromatic rings. The number of carbonyl (C=O) groups is 1. The van der Waals surface area contributed by atoms with Crippen LogP contribution in [0, 0.1) is 13.8 Å². The van der Waals surface area contributed by atoms with Crippen LogP contribution in [0.15, 0.2) is 47.4 Å². The Kier molecular flexibility index (Phi) is 5.73. The highest BCUT2D eigenvalue weighted by atomic mass is 32.2. The van der Waals surface area contributed by atoms with Gasteiger partial charge in [0, 0.05) is 31.7 Å². The van der Waals surface area contributed by atoms with Crippen LogP contribution in [0.1, 0.15) is 27.0 Å². The van der Waals surface area contributed by atoms with Crippen LogP contribution in [0.4, 0.5) is 13.2 Å². The van der Waals surface area contributed by atoms with Crippen molar-refractivity contribution >= 4 is 15.9 Å². The first kappa shape index (κ1) is 21.3. The minimum atomic E-state index is -4.62. The number of amides is 1. The molecule has 2 aromatic carbocycles. The third-order valence-corrected chi connectivity index (χ3v) is 6.69. The van der Waals surface area contributed by atoms with Gasteiger partial charge in [0.2, 0.25) is 10.0 Å². The van der Waals surface area contributed by atoms with Gasteiger partial charge in [-0.1, -0.05) is 23.3 Å². The molecule has 0 radical (unpaired) electrons. The minimum absolute atomic E-state index is 0.0229. The molecule has 0 bridgehead atoms. The topological polar surface area (TPSA) is 57.7 Å². The number of sulfonamides is 1. The predicted octanol–water partition coefficient (Wildman–Crippen LogP) is 3.47. The first-order chi connectivity index (χ1) is 13.5. The molecule has 1 amide bonds. The monoisotopic (exact) mass is 426 g/mol. The van der Waals surface area contributed by atoms with Crippen molar-refractivity contribution in [2.45, 2.75) is 24.9 Å². The molecule has 0 atom stereocenters. The van der Waals surface area contributed by atoms with E-state index in [1.807, 2.05) is 19.9 Å². The molecule has 0 unspecified atom stereocenters. The number of aryl methyl sites for hydroxylation is 2. The Hall–Kier alpha value is -2.39. The van der Waals surface area contributed by atoms with Crippen LogP contribution in [0.5, 0.6) is 0 Å². The van der Waals surface area contributed by atoms with E-state index in [0.717, 1.165) is 33.6 Å². The Morgan fingerprint density at radius 3 is 2.07 bits per heavy atom. The maximum Gasteiger partial charge on any atom is 0.416 e. The third kappa shape index (κ3) is 4.62. The molecule has 0 spiro atoms. The van der Waals surface area contributed by atoms with E-state index in [4.69, 9.17) is 0 Å². The average molecular weight is 426 g/mol. The smallest absolute Gasteiger partial charge is 0.336 e. The van der Waals surface area contributed by atoms with E-state index < -0.39 is 26.7 Å². The van der Waals surface area contributed by atoms with Crippen molar-refractivity contribution in [3.05, 3.63) is 64.7 Å². The van der Waals surface area contributed by atoms with Gasteiger partial charge in [0.1, 0.15) is 0 Å². The predicted molar refractivity (Wildman–Crippen MR) is 102 cm³/mol. The zero-order chi connectivity index (χ0) is 21.4. The highest BCUT2D eigenvalue weighted by molar-refractivity contribution is 7.89. The summed E-state index contributed by atoms with van der Waals surface area (Å²) in [6.45, 7) is 4.17. The number of piperazine rings is 1. The number of hydrogen-bond acceptors (Lipinski definition) is 3. The van der Waals surface area contributed by atoms with E-state index in [0.29, 0.717) is 11.6 Å². The van der Waals surface area contributed by atoms with Gasteiger partial charge in [-0.15, -0.1) is 0 Å². The van der Waals surface area contributed by atoms with Gasteiger partial charge >= 0.3 is 6.18 Å². The molecule has 3 rings (SSSR count). The number of hydrogen-bond donors (Lipinski definition) is 0. The van der Waals surface area contributed by atoms with Crippen molar-refractivity contribution in [1.82, 2.24) is 9.21 Å². The number of halogens is 3. The molecule has 1 saturated heterocycles. The lowest BCUT2D eigenvalue weighted by Crippen LogP contribution is -2.50. The van der Waals surface area contributed by atoms with Crippen LogP contribution in [0.25, 0.3) is 0 Å². The molecule has 1 heterocycles. The number of carbonyl (C=O) groups excluding carboxylic acids is 1. The van der Waals surface area contributed by atoms with Gasteiger partial charge in [0.25, 0.3) is 5.91 Å². The van der Waals surface area contributed by atoms with Gasteiger partial charge in [-0.3, -0.25) is 4.79 Å². The number of rotatable bonds is 3. The number of nitrogens with zero attached hydrogens (tertiary/aromatic N) is 2. The lowest BCUT2D eigenvalue weighted by molar-refractivity contribution is -0.137. The summed E-state index contributed by atoms with van der Waals surface area (Å²) in [5.41, 5.74) is 1.44. The first-order valence-corrected chi connectivity index (χ1v) is 10.5. The maximum absolute atomic E-state index is 12.9. The van der Waals surface area contributed by atoms with Crippen molar-refractivity contribution in [2.75, 3.05) is 26.2 Å². The Balaban J connectivity index is 1.74. The molecule has 1 aliphatic rings. The molecule has 5 nitrogen and oxygen atoms in total. The molecule has 0 aromatic heterocycles. The van der Waals surface area contributed by atoms with Crippen LogP contribution >= 0.6 is 0 Å². The number of alkyl halides is 3. The highest BCUT2D eigenvalue weighted by Crippen LogP contribution is 2.31. The normalized spacial score (nSPS) is 16.1. The Morgan fingerprint density at radius 1 is 0.931 bits per heavy atom. The zero-order valence-electron chi connectivity index (χ0n) is 16.0. The van der Waals surface area contributed by atoms with Crippen molar-refractivity contribution in [3.8, 4) is 0 Å². The van der Waals surface area contributed by atoms with E-state index in [1.165, 1.54) is 0 Å². The Labute approximate surface area is 167 Å². The summed E-state index contributed by atoms with van der Waals surface area (Å²) in [5.74, 6) is -0.187. The molecule has 0 N–H and O–H groups in total. The van der Waals surface area contributed by atoms with Crippen molar-refractivity contribution in [1.29, 1.82) is 0 Å². The van der Waals surface area contributed by atoms with E-state index in [-0.39, 0.29) is 32.1 Å². The second kappa shape index (κ2) is 7.79. The van der Waals surface area contributed by atoms with Crippen LogP contribution in [-0.2, 0) is 16.2 Å². The molecule has 1 aliphatic heterocycles. The van der Waals surface area contributed by atoms with Gasteiger partial charge in [-0.25, -0.2) is 8.42 Å². The lowest BCUT2D eigenvalue weighted by Gasteiger charge is -2.34. The average Bonchev–Trinajstić information content (AvgIpc) is 2.66. The highest BCUT2D eigenvalue weighted by Gasteiger charge is 2.34. The molecule has 0 aliphatic carbocycles. The fourth-order valence-corrected chi connectivity index (χ4v) is 4.86. The molecular weight excluding hydrogens is 405 g/mol. The molecule has 29 heavy (non-hydrogen) atoms. The van der Waals surface area contributed by atoms with E-state index >= 15 is 0 Å². The minimum Gasteiger partial charge on any atom is -0.336 e. The summed E-state index contributed by atoms with van der Waals surface area (Å²) < 4.78 is 65.3. The summed E-state index contributed by atoms with van der Waals surface area (Å²) >= 11 is 0. The van der Waals surface area contributed by atoms with Crippen molar-refractivity contribution in [2.24, 2.45) is 0 Å². The van der Waals surface area contributed by atoms with Crippen LogP contribution in [-0.4, -0.2) is 49.7 Å². The van der Waals surface area contributed by atoms with E-state index in [2.05, 4.69) is 0 Å². The zero-order valence-corrected chi connectivity index (χ0v) is 16.8. The quantitative estimate of drug-likeness (QED) is 0.755.